The molecule has 0 amide bonds. The number of hydrogen-bond donors (Lipinski definition) is 0. The standard InChI is InChI=1S/C14H18O3/c1-2-6-12(5-1)17-13-7-3-4-11(10-13)14-15-8-9-16-14/h3-4,7,10,12,14H,1-2,5-6,8-9H2. The molecule has 1 aliphatic carbocycles. The second-order valence-corrected chi connectivity index (χ2v) is 4.67. The minimum Gasteiger partial charge on any atom is -0.490 e. The summed E-state index contributed by atoms with van der Waals surface area (Å²) in [5.74, 6) is 0.938. The third kappa shape index (κ3) is 2.61. The average molecular weight is 234 g/mol. The fourth-order valence-corrected chi connectivity index (χ4v) is 2.48. The summed E-state index contributed by atoms with van der Waals surface area (Å²) in [4.78, 5) is 0. The number of ether oxygens (including phenoxy) is 3. The van der Waals surface area contributed by atoms with Crippen LogP contribution in [0, 0.1) is 0 Å². The van der Waals surface area contributed by atoms with Gasteiger partial charge in [-0.05, 0) is 37.8 Å². The molecule has 0 radical (unpaired) electrons. The average Bonchev–Trinajstić information content (AvgIpc) is 3.01. The van der Waals surface area contributed by atoms with Gasteiger partial charge in [-0.25, -0.2) is 0 Å². The topological polar surface area (TPSA) is 27.7 Å². The first-order chi connectivity index (χ1) is 8.42. The third-order valence-electron chi connectivity index (χ3n) is 3.36. The van der Waals surface area contributed by atoms with Gasteiger partial charge in [-0.1, -0.05) is 12.1 Å². The lowest BCUT2D eigenvalue weighted by Crippen LogP contribution is -2.11. The van der Waals surface area contributed by atoms with E-state index >= 15 is 0 Å². The van der Waals surface area contributed by atoms with Gasteiger partial charge in [0, 0.05) is 5.56 Å². The van der Waals surface area contributed by atoms with Crippen molar-refractivity contribution in [2.24, 2.45) is 0 Å². The molecule has 92 valence electrons. The summed E-state index contributed by atoms with van der Waals surface area (Å²) in [6, 6.07) is 8.08. The first kappa shape index (κ1) is 11.1. The molecular formula is C14H18O3. The van der Waals surface area contributed by atoms with E-state index in [-0.39, 0.29) is 6.29 Å². The molecule has 17 heavy (non-hydrogen) atoms. The van der Waals surface area contributed by atoms with E-state index < -0.39 is 0 Å². The van der Waals surface area contributed by atoms with Crippen LogP contribution in [-0.2, 0) is 9.47 Å². The summed E-state index contributed by atoms with van der Waals surface area (Å²) in [5, 5.41) is 0. The lowest BCUT2D eigenvalue weighted by atomic mass is 10.2. The van der Waals surface area contributed by atoms with Crippen LogP contribution >= 0.6 is 0 Å². The van der Waals surface area contributed by atoms with E-state index in [2.05, 4.69) is 0 Å². The van der Waals surface area contributed by atoms with Gasteiger partial charge in [0.2, 0.25) is 0 Å². The van der Waals surface area contributed by atoms with Gasteiger partial charge in [0.05, 0.1) is 19.3 Å². The van der Waals surface area contributed by atoms with Crippen molar-refractivity contribution in [1.82, 2.24) is 0 Å². The van der Waals surface area contributed by atoms with Crippen LogP contribution in [0.25, 0.3) is 0 Å². The van der Waals surface area contributed by atoms with Crippen molar-refractivity contribution in [1.29, 1.82) is 0 Å². The Morgan fingerprint density at radius 1 is 1.06 bits per heavy atom. The van der Waals surface area contributed by atoms with Gasteiger partial charge >= 0.3 is 0 Å². The molecule has 0 N–H and O–H groups in total. The van der Waals surface area contributed by atoms with Crippen molar-refractivity contribution in [3.8, 4) is 5.75 Å². The molecule has 1 saturated carbocycles. The Labute approximate surface area is 102 Å². The summed E-state index contributed by atoms with van der Waals surface area (Å²) in [5.41, 5.74) is 1.05. The van der Waals surface area contributed by atoms with Gasteiger partial charge in [0.25, 0.3) is 0 Å². The molecule has 3 rings (SSSR count). The molecule has 3 heteroatoms. The van der Waals surface area contributed by atoms with Gasteiger partial charge in [0.15, 0.2) is 6.29 Å². The molecule has 0 unspecified atom stereocenters. The Morgan fingerprint density at radius 3 is 2.59 bits per heavy atom. The lowest BCUT2D eigenvalue weighted by Gasteiger charge is -2.15. The van der Waals surface area contributed by atoms with Crippen molar-refractivity contribution in [2.75, 3.05) is 13.2 Å². The second-order valence-electron chi connectivity index (χ2n) is 4.67. The zero-order valence-electron chi connectivity index (χ0n) is 9.93. The Morgan fingerprint density at radius 2 is 1.82 bits per heavy atom. The van der Waals surface area contributed by atoms with Gasteiger partial charge in [-0.15, -0.1) is 0 Å². The van der Waals surface area contributed by atoms with Crippen molar-refractivity contribution in [3.63, 3.8) is 0 Å². The second kappa shape index (κ2) is 5.07. The molecule has 2 fully saturated rings. The summed E-state index contributed by atoms with van der Waals surface area (Å²) >= 11 is 0. The van der Waals surface area contributed by atoms with Crippen LogP contribution in [0.15, 0.2) is 24.3 Å². The summed E-state index contributed by atoms with van der Waals surface area (Å²) in [6.45, 7) is 1.36. The highest BCUT2D eigenvalue weighted by Gasteiger charge is 2.20. The SMILES string of the molecule is c1cc(OC2CCCC2)cc(C2OCCO2)c1. The molecule has 1 aliphatic heterocycles. The molecule has 1 saturated heterocycles. The van der Waals surface area contributed by atoms with Gasteiger partial charge < -0.3 is 14.2 Å². The molecule has 0 atom stereocenters. The Kier molecular flexibility index (Phi) is 3.29. The van der Waals surface area contributed by atoms with E-state index in [1.807, 2.05) is 24.3 Å². The number of benzene rings is 1. The smallest absolute Gasteiger partial charge is 0.184 e. The summed E-state index contributed by atoms with van der Waals surface area (Å²) in [6.07, 6.45) is 5.14. The third-order valence-corrected chi connectivity index (χ3v) is 3.36. The maximum Gasteiger partial charge on any atom is 0.184 e. The first-order valence-corrected chi connectivity index (χ1v) is 6.42. The molecule has 3 nitrogen and oxygen atoms in total. The van der Waals surface area contributed by atoms with E-state index in [9.17, 15) is 0 Å². The highest BCUT2D eigenvalue weighted by Crippen LogP contribution is 2.28. The molecule has 0 aromatic heterocycles. The van der Waals surface area contributed by atoms with Crippen molar-refractivity contribution in [2.45, 2.75) is 38.1 Å². The van der Waals surface area contributed by atoms with Crippen LogP contribution < -0.4 is 4.74 Å². The molecule has 1 aromatic carbocycles. The van der Waals surface area contributed by atoms with E-state index in [1.165, 1.54) is 25.7 Å². The summed E-state index contributed by atoms with van der Waals surface area (Å²) in [7, 11) is 0. The monoisotopic (exact) mass is 234 g/mol. The zero-order chi connectivity index (χ0) is 11.5. The fourth-order valence-electron chi connectivity index (χ4n) is 2.48. The van der Waals surface area contributed by atoms with Crippen molar-refractivity contribution < 1.29 is 14.2 Å². The molecule has 0 bridgehead atoms. The van der Waals surface area contributed by atoms with Crippen LogP contribution in [0.4, 0.5) is 0 Å². The highest BCUT2D eigenvalue weighted by atomic mass is 16.7. The predicted molar refractivity (Wildman–Crippen MR) is 64.0 cm³/mol. The molecular weight excluding hydrogens is 216 g/mol. The predicted octanol–water partition coefficient (Wildman–Crippen LogP) is 3.05. The van der Waals surface area contributed by atoms with Crippen LogP contribution in [0.2, 0.25) is 0 Å². The van der Waals surface area contributed by atoms with Crippen LogP contribution in [0.3, 0.4) is 0 Å². The van der Waals surface area contributed by atoms with Gasteiger partial charge in [-0.3, -0.25) is 0 Å². The van der Waals surface area contributed by atoms with E-state index in [0.717, 1.165) is 11.3 Å². The van der Waals surface area contributed by atoms with Crippen molar-refractivity contribution in [3.05, 3.63) is 29.8 Å². The normalized spacial score (nSPS) is 22.1. The maximum atomic E-state index is 5.96. The van der Waals surface area contributed by atoms with Crippen LogP contribution in [0.5, 0.6) is 5.75 Å². The lowest BCUT2D eigenvalue weighted by molar-refractivity contribution is -0.0442. The Hall–Kier alpha value is -1.06. The zero-order valence-corrected chi connectivity index (χ0v) is 9.93. The highest BCUT2D eigenvalue weighted by molar-refractivity contribution is 5.29. The van der Waals surface area contributed by atoms with E-state index in [4.69, 9.17) is 14.2 Å². The quantitative estimate of drug-likeness (QED) is 0.804. The first-order valence-electron chi connectivity index (χ1n) is 6.42. The van der Waals surface area contributed by atoms with E-state index in [0.29, 0.717) is 19.3 Å². The Balaban J connectivity index is 1.69. The molecule has 1 aromatic rings. The van der Waals surface area contributed by atoms with Crippen LogP contribution in [0.1, 0.15) is 37.5 Å². The molecule has 2 aliphatic rings. The summed E-state index contributed by atoms with van der Waals surface area (Å²) < 4.78 is 16.9. The number of rotatable bonds is 3. The van der Waals surface area contributed by atoms with Crippen molar-refractivity contribution >= 4 is 0 Å². The molecule has 0 spiro atoms. The Bertz CT molecular complexity index is 365. The van der Waals surface area contributed by atoms with E-state index in [1.54, 1.807) is 0 Å². The maximum absolute atomic E-state index is 5.96. The van der Waals surface area contributed by atoms with Gasteiger partial charge in [0.1, 0.15) is 5.75 Å². The fraction of sp³-hybridized carbons (Fsp3) is 0.571. The minimum absolute atomic E-state index is 0.206. The number of hydrogen-bond acceptors (Lipinski definition) is 3. The van der Waals surface area contributed by atoms with Crippen LogP contribution in [-0.4, -0.2) is 19.3 Å². The largest absolute Gasteiger partial charge is 0.490 e. The minimum atomic E-state index is -0.206. The van der Waals surface area contributed by atoms with Gasteiger partial charge in [-0.2, -0.15) is 0 Å². The molecule has 1 heterocycles.